The van der Waals surface area contributed by atoms with Crippen LogP contribution in [0.15, 0.2) is 24.3 Å². The van der Waals surface area contributed by atoms with E-state index in [2.05, 4.69) is 41.2 Å². The molecule has 0 atom stereocenters. The molecule has 2 heterocycles. The van der Waals surface area contributed by atoms with Gasteiger partial charge in [0.25, 0.3) is 5.91 Å². The summed E-state index contributed by atoms with van der Waals surface area (Å²) in [7, 11) is 1.76. The van der Waals surface area contributed by atoms with Crippen LogP contribution in [0.3, 0.4) is 0 Å². The number of halogens is 1. The van der Waals surface area contributed by atoms with E-state index in [0.717, 1.165) is 19.6 Å². The van der Waals surface area contributed by atoms with Crippen molar-refractivity contribution in [2.45, 2.75) is 20.4 Å². The number of piperazine rings is 1. The maximum absolute atomic E-state index is 12.7. The van der Waals surface area contributed by atoms with Crippen molar-refractivity contribution < 1.29 is 4.79 Å². The summed E-state index contributed by atoms with van der Waals surface area (Å²) in [6.07, 6.45) is 0. The third-order valence-electron chi connectivity index (χ3n) is 4.50. The molecule has 2 aromatic rings. The summed E-state index contributed by atoms with van der Waals surface area (Å²) in [5.41, 5.74) is 3.78. The van der Waals surface area contributed by atoms with Crippen LogP contribution < -0.4 is 0 Å². The zero-order valence-corrected chi connectivity index (χ0v) is 15.2. The highest BCUT2D eigenvalue weighted by Gasteiger charge is 2.27. The Labute approximate surface area is 147 Å². The van der Waals surface area contributed by atoms with Crippen molar-refractivity contribution >= 4 is 17.5 Å². The van der Waals surface area contributed by atoms with Crippen molar-refractivity contribution in [2.75, 3.05) is 26.2 Å². The molecule has 128 valence electrons. The van der Waals surface area contributed by atoms with Crippen LogP contribution in [-0.2, 0) is 13.6 Å². The van der Waals surface area contributed by atoms with Gasteiger partial charge in [0.1, 0.15) is 5.69 Å². The van der Waals surface area contributed by atoms with Crippen LogP contribution in [0.1, 0.15) is 27.3 Å². The van der Waals surface area contributed by atoms with E-state index in [-0.39, 0.29) is 5.91 Å². The van der Waals surface area contributed by atoms with Crippen LogP contribution in [-0.4, -0.2) is 51.7 Å². The smallest absolute Gasteiger partial charge is 0.273 e. The molecule has 3 rings (SSSR count). The Bertz CT molecular complexity index is 747. The zero-order valence-electron chi connectivity index (χ0n) is 14.4. The van der Waals surface area contributed by atoms with E-state index in [9.17, 15) is 4.79 Å². The highest BCUT2D eigenvalue weighted by atomic mass is 35.5. The molecule has 1 fully saturated rings. The highest BCUT2D eigenvalue weighted by Crippen LogP contribution is 2.21. The van der Waals surface area contributed by atoms with E-state index >= 15 is 0 Å². The highest BCUT2D eigenvalue weighted by molar-refractivity contribution is 6.34. The molecule has 0 radical (unpaired) electrons. The predicted molar refractivity (Wildman–Crippen MR) is 95.3 cm³/mol. The lowest BCUT2D eigenvalue weighted by Gasteiger charge is -2.34. The largest absolute Gasteiger partial charge is 0.335 e. The van der Waals surface area contributed by atoms with Gasteiger partial charge in [-0.2, -0.15) is 5.10 Å². The van der Waals surface area contributed by atoms with E-state index in [1.54, 1.807) is 11.7 Å². The number of hydrogen-bond acceptors (Lipinski definition) is 3. The number of amides is 1. The SMILES string of the molecule is Cc1cccc(CN2CCN(C(=O)c3c(Cl)c(C)nn3C)CC2)c1. The van der Waals surface area contributed by atoms with Gasteiger partial charge in [-0.3, -0.25) is 14.4 Å². The average Bonchev–Trinajstić information content (AvgIpc) is 2.80. The molecule has 6 heteroatoms. The van der Waals surface area contributed by atoms with Gasteiger partial charge in [-0.05, 0) is 19.4 Å². The van der Waals surface area contributed by atoms with Crippen LogP contribution in [0.4, 0.5) is 0 Å². The Morgan fingerprint density at radius 2 is 1.92 bits per heavy atom. The minimum atomic E-state index is -0.0293. The van der Waals surface area contributed by atoms with Gasteiger partial charge in [-0.25, -0.2) is 0 Å². The molecular weight excluding hydrogens is 324 g/mol. The van der Waals surface area contributed by atoms with E-state index in [1.807, 2.05) is 11.8 Å². The fourth-order valence-corrected chi connectivity index (χ4v) is 3.43. The number of aromatic nitrogens is 2. The van der Waals surface area contributed by atoms with Crippen molar-refractivity contribution in [1.82, 2.24) is 19.6 Å². The van der Waals surface area contributed by atoms with Crippen molar-refractivity contribution in [2.24, 2.45) is 7.05 Å². The average molecular weight is 347 g/mol. The van der Waals surface area contributed by atoms with Gasteiger partial charge < -0.3 is 4.90 Å². The molecule has 1 aliphatic rings. The first-order valence-corrected chi connectivity index (χ1v) is 8.60. The molecule has 0 unspecified atom stereocenters. The number of rotatable bonds is 3. The topological polar surface area (TPSA) is 41.4 Å². The number of nitrogens with zero attached hydrogens (tertiary/aromatic N) is 4. The molecular formula is C18H23ClN4O. The number of carbonyl (C=O) groups is 1. The summed E-state index contributed by atoms with van der Waals surface area (Å²) in [4.78, 5) is 17.0. The van der Waals surface area contributed by atoms with Gasteiger partial charge in [0.05, 0.1) is 10.7 Å². The minimum absolute atomic E-state index is 0.0293. The number of aryl methyl sites for hydroxylation is 3. The van der Waals surface area contributed by atoms with Gasteiger partial charge in [0.2, 0.25) is 0 Å². The summed E-state index contributed by atoms with van der Waals surface area (Å²) >= 11 is 6.24. The quantitative estimate of drug-likeness (QED) is 0.858. The molecule has 0 bridgehead atoms. The van der Waals surface area contributed by atoms with Crippen molar-refractivity contribution in [3.63, 3.8) is 0 Å². The Morgan fingerprint density at radius 1 is 1.21 bits per heavy atom. The standard InChI is InChI=1S/C18H23ClN4O/c1-13-5-4-6-15(11-13)12-22-7-9-23(10-8-22)18(24)17-16(19)14(2)20-21(17)3/h4-6,11H,7-10,12H2,1-3H3. The molecule has 0 N–H and O–H groups in total. The van der Waals surface area contributed by atoms with Crippen LogP contribution in [0.5, 0.6) is 0 Å². The second-order valence-electron chi connectivity index (χ2n) is 6.43. The summed E-state index contributed by atoms with van der Waals surface area (Å²) < 4.78 is 1.58. The molecule has 5 nitrogen and oxygen atoms in total. The molecule has 1 aromatic carbocycles. The Kier molecular flexibility index (Phi) is 4.92. The van der Waals surface area contributed by atoms with Crippen LogP contribution in [0, 0.1) is 13.8 Å². The lowest BCUT2D eigenvalue weighted by atomic mass is 10.1. The Morgan fingerprint density at radius 3 is 2.50 bits per heavy atom. The van der Waals surface area contributed by atoms with Gasteiger partial charge in [0, 0.05) is 39.8 Å². The minimum Gasteiger partial charge on any atom is -0.335 e. The van der Waals surface area contributed by atoms with Crippen LogP contribution in [0.25, 0.3) is 0 Å². The number of hydrogen-bond donors (Lipinski definition) is 0. The van der Waals surface area contributed by atoms with Crippen molar-refractivity contribution in [1.29, 1.82) is 0 Å². The number of benzene rings is 1. The van der Waals surface area contributed by atoms with Gasteiger partial charge >= 0.3 is 0 Å². The summed E-state index contributed by atoms with van der Waals surface area (Å²) in [5.74, 6) is -0.0293. The lowest BCUT2D eigenvalue weighted by molar-refractivity contribution is 0.0618. The van der Waals surface area contributed by atoms with Crippen LogP contribution >= 0.6 is 11.6 Å². The predicted octanol–water partition coefficient (Wildman–Crippen LogP) is 2.65. The zero-order chi connectivity index (χ0) is 17.3. The normalized spacial score (nSPS) is 15.8. The first-order chi connectivity index (χ1) is 11.5. The van der Waals surface area contributed by atoms with E-state index < -0.39 is 0 Å². The van der Waals surface area contributed by atoms with Gasteiger partial charge in [-0.1, -0.05) is 41.4 Å². The summed E-state index contributed by atoms with van der Waals surface area (Å²) in [6.45, 7) is 8.02. The molecule has 0 spiro atoms. The third-order valence-corrected chi connectivity index (χ3v) is 4.95. The molecule has 0 aliphatic carbocycles. The molecule has 1 amide bonds. The molecule has 1 saturated heterocycles. The molecule has 24 heavy (non-hydrogen) atoms. The first kappa shape index (κ1) is 17.0. The monoisotopic (exact) mass is 346 g/mol. The van der Waals surface area contributed by atoms with Gasteiger partial charge in [0.15, 0.2) is 0 Å². The lowest BCUT2D eigenvalue weighted by Crippen LogP contribution is -2.48. The Balaban J connectivity index is 1.61. The number of carbonyl (C=O) groups excluding carboxylic acids is 1. The van der Waals surface area contributed by atoms with Crippen molar-refractivity contribution in [3.05, 3.63) is 51.8 Å². The van der Waals surface area contributed by atoms with Crippen LogP contribution in [0.2, 0.25) is 5.02 Å². The molecule has 1 aromatic heterocycles. The molecule has 1 aliphatic heterocycles. The van der Waals surface area contributed by atoms with E-state index in [0.29, 0.717) is 29.5 Å². The second kappa shape index (κ2) is 6.95. The summed E-state index contributed by atoms with van der Waals surface area (Å²) in [5, 5.41) is 4.70. The van der Waals surface area contributed by atoms with Crippen molar-refractivity contribution in [3.8, 4) is 0 Å². The first-order valence-electron chi connectivity index (χ1n) is 8.22. The summed E-state index contributed by atoms with van der Waals surface area (Å²) in [6, 6.07) is 8.58. The fourth-order valence-electron chi connectivity index (χ4n) is 3.19. The van der Waals surface area contributed by atoms with E-state index in [1.165, 1.54) is 11.1 Å². The second-order valence-corrected chi connectivity index (χ2v) is 6.81. The molecule has 0 saturated carbocycles. The maximum Gasteiger partial charge on any atom is 0.273 e. The Hall–Kier alpha value is -1.85. The van der Waals surface area contributed by atoms with E-state index in [4.69, 9.17) is 11.6 Å². The maximum atomic E-state index is 12.7. The third kappa shape index (κ3) is 3.47. The van der Waals surface area contributed by atoms with Gasteiger partial charge in [-0.15, -0.1) is 0 Å². The fraction of sp³-hybridized carbons (Fsp3) is 0.444.